The Kier molecular flexibility index (Phi) is 6.25. The van der Waals surface area contributed by atoms with Crippen LogP contribution in [0.25, 0.3) is 11.1 Å². The lowest BCUT2D eigenvalue weighted by Gasteiger charge is -2.40. The van der Waals surface area contributed by atoms with E-state index in [2.05, 4.69) is 24.9 Å². The first-order chi connectivity index (χ1) is 14.1. The van der Waals surface area contributed by atoms with Crippen LogP contribution in [0.4, 0.5) is 4.79 Å². The molecule has 2 heterocycles. The highest BCUT2D eigenvalue weighted by Crippen LogP contribution is 2.39. The van der Waals surface area contributed by atoms with Gasteiger partial charge in [-0.2, -0.15) is 0 Å². The summed E-state index contributed by atoms with van der Waals surface area (Å²) in [6.07, 6.45) is 1.66. The molecule has 1 N–H and O–H groups in total. The number of fused-ring (bicyclic) bond motifs is 3. The Morgan fingerprint density at radius 1 is 1.27 bits per heavy atom. The van der Waals surface area contributed by atoms with Gasteiger partial charge >= 0.3 is 6.09 Å². The fourth-order valence-electron chi connectivity index (χ4n) is 4.02. The van der Waals surface area contributed by atoms with Crippen LogP contribution in [0.15, 0.2) is 30.5 Å². The van der Waals surface area contributed by atoms with Crippen LogP contribution in [-0.4, -0.2) is 39.3 Å². The lowest BCUT2D eigenvalue weighted by Crippen LogP contribution is -2.53. The number of carbonyl (C=O) groups is 1. The van der Waals surface area contributed by atoms with E-state index in [0.717, 1.165) is 34.6 Å². The lowest BCUT2D eigenvalue weighted by molar-refractivity contribution is 0.0433. The van der Waals surface area contributed by atoms with Gasteiger partial charge in [-0.3, -0.25) is 9.88 Å². The van der Waals surface area contributed by atoms with E-state index in [1.54, 1.807) is 0 Å². The zero-order valence-electron chi connectivity index (χ0n) is 18.7. The van der Waals surface area contributed by atoms with Crippen molar-refractivity contribution in [1.29, 1.82) is 0 Å². The first kappa shape index (κ1) is 21.9. The van der Waals surface area contributed by atoms with Crippen molar-refractivity contribution in [2.24, 2.45) is 5.92 Å². The van der Waals surface area contributed by atoms with E-state index >= 15 is 0 Å². The Morgan fingerprint density at radius 3 is 2.63 bits per heavy atom. The molecule has 162 valence electrons. The van der Waals surface area contributed by atoms with Crippen LogP contribution in [0.1, 0.15) is 52.3 Å². The van der Waals surface area contributed by atoms with Crippen molar-refractivity contribution < 1.29 is 19.4 Å². The maximum absolute atomic E-state index is 12.0. The number of hydrogen-bond acceptors (Lipinski definition) is 4. The number of aryl methyl sites for hydroxylation is 1. The monoisotopic (exact) mass is 412 g/mol. The Balaban J connectivity index is 1.81. The van der Waals surface area contributed by atoms with Gasteiger partial charge in [-0.1, -0.05) is 13.8 Å². The van der Waals surface area contributed by atoms with Crippen LogP contribution in [0.3, 0.4) is 0 Å². The zero-order valence-corrected chi connectivity index (χ0v) is 18.7. The molecule has 1 unspecified atom stereocenters. The van der Waals surface area contributed by atoms with Gasteiger partial charge in [-0.25, -0.2) is 4.79 Å². The van der Waals surface area contributed by atoms with Gasteiger partial charge in [0.05, 0.1) is 6.04 Å². The molecule has 1 aromatic carbocycles. The highest BCUT2D eigenvalue weighted by molar-refractivity contribution is 5.75. The molecule has 6 nitrogen and oxygen atoms in total. The molecule has 1 aromatic heterocycles. The fourth-order valence-corrected chi connectivity index (χ4v) is 4.02. The minimum absolute atomic E-state index is 0.242. The highest BCUT2D eigenvalue weighted by Gasteiger charge is 2.34. The van der Waals surface area contributed by atoms with E-state index in [0.29, 0.717) is 24.9 Å². The van der Waals surface area contributed by atoms with E-state index in [4.69, 9.17) is 9.47 Å². The topological polar surface area (TPSA) is 71.9 Å². The molecule has 1 amide bonds. The Bertz CT molecular complexity index is 918. The first-order valence-electron chi connectivity index (χ1n) is 10.4. The Hall–Kier alpha value is -2.76. The summed E-state index contributed by atoms with van der Waals surface area (Å²) in [6, 6.07) is 7.64. The number of pyridine rings is 1. The summed E-state index contributed by atoms with van der Waals surface area (Å²) in [5.74, 6) is 1.80. The van der Waals surface area contributed by atoms with Gasteiger partial charge < -0.3 is 14.6 Å². The van der Waals surface area contributed by atoms with Gasteiger partial charge in [0, 0.05) is 34.6 Å². The average Bonchev–Trinajstić information content (AvgIpc) is 2.63. The minimum atomic E-state index is -0.925. The van der Waals surface area contributed by atoms with E-state index in [1.165, 1.54) is 4.90 Å². The van der Waals surface area contributed by atoms with Crippen LogP contribution >= 0.6 is 0 Å². The van der Waals surface area contributed by atoms with Crippen molar-refractivity contribution in [3.8, 4) is 22.6 Å². The second-order valence-corrected chi connectivity index (χ2v) is 9.35. The average molecular weight is 413 g/mol. The number of ether oxygens (including phenoxy) is 2. The van der Waals surface area contributed by atoms with E-state index in [9.17, 15) is 9.90 Å². The van der Waals surface area contributed by atoms with Crippen molar-refractivity contribution in [2.75, 3.05) is 6.61 Å². The second-order valence-electron chi connectivity index (χ2n) is 9.35. The molecule has 30 heavy (non-hydrogen) atoms. The summed E-state index contributed by atoms with van der Waals surface area (Å²) in [5.41, 5.74) is 3.69. The summed E-state index contributed by atoms with van der Waals surface area (Å²) in [7, 11) is 0. The van der Waals surface area contributed by atoms with Crippen LogP contribution < -0.4 is 9.47 Å². The molecule has 0 saturated carbocycles. The van der Waals surface area contributed by atoms with Crippen molar-refractivity contribution in [1.82, 2.24) is 9.88 Å². The third-order valence-corrected chi connectivity index (χ3v) is 5.23. The van der Waals surface area contributed by atoms with Gasteiger partial charge in [-0.05, 0) is 63.8 Å². The standard InChI is InChI=1S/C24H32N2O4/c1-15(2)9-18(26(23(27)28)24(4,5)6)14-29-19-7-8-20-21-10-16(3)25-12-17(21)13-30-22(20)11-19/h7-8,10-12,15,18H,9,13-14H2,1-6H3,(H,27,28). The minimum Gasteiger partial charge on any atom is -0.491 e. The summed E-state index contributed by atoms with van der Waals surface area (Å²) >= 11 is 0. The van der Waals surface area contributed by atoms with Gasteiger partial charge in [-0.15, -0.1) is 0 Å². The summed E-state index contributed by atoms with van der Waals surface area (Å²) in [5, 5.41) is 9.81. The number of carboxylic acid groups (broad SMARTS) is 1. The molecular formula is C24H32N2O4. The summed E-state index contributed by atoms with van der Waals surface area (Å²) in [6.45, 7) is 12.7. The molecule has 3 rings (SSSR count). The van der Waals surface area contributed by atoms with E-state index in [-0.39, 0.29) is 6.04 Å². The molecule has 2 aromatic rings. The first-order valence-corrected chi connectivity index (χ1v) is 10.4. The Labute approximate surface area is 178 Å². The normalized spacial score (nSPS) is 13.8. The fraction of sp³-hybridized carbons (Fsp3) is 0.500. The summed E-state index contributed by atoms with van der Waals surface area (Å²) in [4.78, 5) is 17.8. The van der Waals surface area contributed by atoms with Crippen molar-refractivity contribution in [2.45, 2.75) is 66.2 Å². The van der Waals surface area contributed by atoms with E-state index in [1.807, 2.05) is 52.1 Å². The van der Waals surface area contributed by atoms with Crippen molar-refractivity contribution in [3.05, 3.63) is 41.7 Å². The smallest absolute Gasteiger partial charge is 0.408 e. The predicted octanol–water partition coefficient (Wildman–Crippen LogP) is 5.52. The largest absolute Gasteiger partial charge is 0.491 e. The highest BCUT2D eigenvalue weighted by atomic mass is 16.5. The molecular weight excluding hydrogens is 380 g/mol. The van der Waals surface area contributed by atoms with Gasteiger partial charge in [0.2, 0.25) is 0 Å². The SMILES string of the molecule is Cc1cc2c(cn1)COc1cc(OCC(CC(C)C)N(C(=O)O)C(C)(C)C)ccc1-2. The number of hydrogen-bond donors (Lipinski definition) is 1. The summed E-state index contributed by atoms with van der Waals surface area (Å²) < 4.78 is 12.0. The van der Waals surface area contributed by atoms with Crippen LogP contribution in [0, 0.1) is 12.8 Å². The predicted molar refractivity (Wildman–Crippen MR) is 117 cm³/mol. The van der Waals surface area contributed by atoms with Crippen LogP contribution in [-0.2, 0) is 6.61 Å². The van der Waals surface area contributed by atoms with Gasteiger partial charge in [0.1, 0.15) is 24.7 Å². The molecule has 6 heteroatoms. The maximum Gasteiger partial charge on any atom is 0.408 e. The molecule has 0 aliphatic carbocycles. The number of benzene rings is 1. The molecule has 0 saturated heterocycles. The molecule has 1 aliphatic rings. The molecule has 0 radical (unpaired) electrons. The van der Waals surface area contributed by atoms with Gasteiger partial charge in [0.25, 0.3) is 0 Å². The maximum atomic E-state index is 12.0. The third-order valence-electron chi connectivity index (χ3n) is 5.23. The second kappa shape index (κ2) is 8.54. The van der Waals surface area contributed by atoms with Crippen LogP contribution in [0.5, 0.6) is 11.5 Å². The van der Waals surface area contributed by atoms with Crippen molar-refractivity contribution in [3.63, 3.8) is 0 Å². The molecule has 1 aliphatic heterocycles. The number of amides is 1. The number of aromatic nitrogens is 1. The lowest BCUT2D eigenvalue weighted by atomic mass is 9.97. The van der Waals surface area contributed by atoms with E-state index < -0.39 is 11.6 Å². The van der Waals surface area contributed by atoms with Crippen LogP contribution in [0.2, 0.25) is 0 Å². The molecule has 0 spiro atoms. The quantitative estimate of drug-likeness (QED) is 0.676. The molecule has 1 atom stereocenters. The number of rotatable bonds is 6. The van der Waals surface area contributed by atoms with Gasteiger partial charge in [0.15, 0.2) is 0 Å². The molecule has 0 fully saturated rings. The zero-order chi connectivity index (χ0) is 22.1. The number of nitrogens with zero attached hydrogens (tertiary/aromatic N) is 2. The van der Waals surface area contributed by atoms with Crippen molar-refractivity contribution >= 4 is 6.09 Å². The Morgan fingerprint density at radius 2 is 2.00 bits per heavy atom. The third kappa shape index (κ3) is 4.86. The molecule has 0 bridgehead atoms.